The van der Waals surface area contributed by atoms with Crippen LogP contribution < -0.4 is 5.32 Å². The highest BCUT2D eigenvalue weighted by Gasteiger charge is 2.30. The van der Waals surface area contributed by atoms with Crippen molar-refractivity contribution in [1.82, 2.24) is 15.5 Å². The lowest BCUT2D eigenvalue weighted by molar-refractivity contribution is -0.0403. The van der Waals surface area contributed by atoms with Crippen LogP contribution in [0.5, 0.6) is 0 Å². The van der Waals surface area contributed by atoms with Gasteiger partial charge in [-0.25, -0.2) is 0 Å². The Morgan fingerprint density at radius 3 is 2.68 bits per heavy atom. The van der Waals surface area contributed by atoms with Crippen LogP contribution >= 0.6 is 0 Å². The van der Waals surface area contributed by atoms with Crippen molar-refractivity contribution in [3.63, 3.8) is 0 Å². The molecule has 0 saturated carbocycles. The first-order chi connectivity index (χ1) is 9.05. The van der Waals surface area contributed by atoms with Crippen LogP contribution in [0.3, 0.4) is 0 Å². The monoisotopic (exact) mass is 269 g/mol. The van der Waals surface area contributed by atoms with Crippen LogP contribution in [0.1, 0.15) is 59.2 Å². The lowest BCUT2D eigenvalue weighted by Gasteiger charge is -2.23. The SMILES string of the molecule is CCNC(C)CCc1nc(C(C)(CC)OCC)no1. The van der Waals surface area contributed by atoms with Gasteiger partial charge in [0.05, 0.1) is 0 Å². The number of rotatable bonds is 9. The van der Waals surface area contributed by atoms with Crippen molar-refractivity contribution in [2.75, 3.05) is 13.2 Å². The van der Waals surface area contributed by atoms with E-state index >= 15 is 0 Å². The van der Waals surface area contributed by atoms with Gasteiger partial charge in [0.1, 0.15) is 5.60 Å². The molecule has 110 valence electrons. The van der Waals surface area contributed by atoms with Crippen molar-refractivity contribution in [3.05, 3.63) is 11.7 Å². The molecule has 5 heteroatoms. The van der Waals surface area contributed by atoms with E-state index in [0.29, 0.717) is 24.4 Å². The molecule has 1 N–H and O–H groups in total. The van der Waals surface area contributed by atoms with Crippen LogP contribution in [-0.2, 0) is 16.8 Å². The molecule has 2 unspecified atom stereocenters. The number of aromatic nitrogens is 2. The number of nitrogens with one attached hydrogen (secondary N) is 1. The summed E-state index contributed by atoms with van der Waals surface area (Å²) in [5.41, 5.74) is -0.441. The summed E-state index contributed by atoms with van der Waals surface area (Å²) in [5.74, 6) is 1.35. The zero-order valence-electron chi connectivity index (χ0n) is 12.8. The first-order valence-corrected chi connectivity index (χ1v) is 7.26. The molecule has 0 radical (unpaired) electrons. The average molecular weight is 269 g/mol. The van der Waals surface area contributed by atoms with Crippen LogP contribution in [0.4, 0.5) is 0 Å². The largest absolute Gasteiger partial charge is 0.367 e. The van der Waals surface area contributed by atoms with E-state index in [-0.39, 0.29) is 0 Å². The predicted octanol–water partition coefficient (Wildman–Crippen LogP) is 2.66. The van der Waals surface area contributed by atoms with E-state index in [1.165, 1.54) is 0 Å². The second kappa shape index (κ2) is 7.60. The normalized spacial score (nSPS) is 16.3. The van der Waals surface area contributed by atoms with Crippen molar-refractivity contribution in [2.24, 2.45) is 0 Å². The Kier molecular flexibility index (Phi) is 6.45. The molecular formula is C14H27N3O2. The molecule has 1 aromatic rings. The van der Waals surface area contributed by atoms with Gasteiger partial charge in [-0.3, -0.25) is 0 Å². The second-order valence-corrected chi connectivity index (χ2v) is 5.03. The molecule has 0 saturated heterocycles. The highest BCUT2D eigenvalue weighted by molar-refractivity contribution is 4.99. The van der Waals surface area contributed by atoms with Crippen molar-refractivity contribution in [1.29, 1.82) is 0 Å². The van der Waals surface area contributed by atoms with E-state index in [4.69, 9.17) is 9.26 Å². The summed E-state index contributed by atoms with van der Waals surface area (Å²) in [7, 11) is 0. The quantitative estimate of drug-likeness (QED) is 0.747. The summed E-state index contributed by atoms with van der Waals surface area (Å²) in [6.45, 7) is 12.0. The molecule has 0 aliphatic heterocycles. The maximum atomic E-state index is 5.74. The van der Waals surface area contributed by atoms with Gasteiger partial charge in [-0.15, -0.1) is 0 Å². The van der Waals surface area contributed by atoms with Crippen LogP contribution in [0.25, 0.3) is 0 Å². The minimum Gasteiger partial charge on any atom is -0.367 e. The molecule has 0 amide bonds. The smallest absolute Gasteiger partial charge is 0.226 e. The third kappa shape index (κ3) is 4.58. The first kappa shape index (κ1) is 16.1. The van der Waals surface area contributed by atoms with E-state index < -0.39 is 5.60 Å². The molecule has 0 aliphatic rings. The lowest BCUT2D eigenvalue weighted by atomic mass is 10.0. The summed E-state index contributed by atoms with van der Waals surface area (Å²) in [5, 5.41) is 7.44. The van der Waals surface area contributed by atoms with Gasteiger partial charge in [0.15, 0.2) is 0 Å². The van der Waals surface area contributed by atoms with Gasteiger partial charge >= 0.3 is 0 Å². The third-order valence-corrected chi connectivity index (χ3v) is 3.42. The molecule has 0 aliphatic carbocycles. The topological polar surface area (TPSA) is 60.2 Å². The molecule has 0 aromatic carbocycles. The number of ether oxygens (including phenoxy) is 1. The van der Waals surface area contributed by atoms with Gasteiger partial charge in [0.25, 0.3) is 0 Å². The first-order valence-electron chi connectivity index (χ1n) is 7.26. The molecule has 1 heterocycles. The Bertz CT molecular complexity index is 367. The molecule has 0 bridgehead atoms. The molecule has 2 atom stereocenters. The fourth-order valence-electron chi connectivity index (χ4n) is 2.01. The fourth-order valence-corrected chi connectivity index (χ4v) is 2.01. The van der Waals surface area contributed by atoms with E-state index in [2.05, 4.69) is 36.2 Å². The van der Waals surface area contributed by atoms with Gasteiger partial charge in [-0.2, -0.15) is 4.98 Å². The summed E-state index contributed by atoms with van der Waals surface area (Å²) >= 11 is 0. The van der Waals surface area contributed by atoms with Crippen molar-refractivity contribution >= 4 is 0 Å². The maximum absolute atomic E-state index is 5.74. The fraction of sp³-hybridized carbons (Fsp3) is 0.857. The van der Waals surface area contributed by atoms with E-state index in [9.17, 15) is 0 Å². The second-order valence-electron chi connectivity index (χ2n) is 5.03. The number of nitrogens with zero attached hydrogens (tertiary/aromatic N) is 2. The number of aryl methyl sites for hydroxylation is 1. The molecule has 5 nitrogen and oxygen atoms in total. The van der Waals surface area contributed by atoms with E-state index in [1.807, 2.05) is 13.8 Å². The minimum absolute atomic E-state index is 0.441. The molecule has 1 rings (SSSR count). The highest BCUT2D eigenvalue weighted by Crippen LogP contribution is 2.26. The van der Waals surface area contributed by atoms with Gasteiger partial charge in [0.2, 0.25) is 11.7 Å². The molecular weight excluding hydrogens is 242 g/mol. The number of hydrogen-bond acceptors (Lipinski definition) is 5. The maximum Gasteiger partial charge on any atom is 0.226 e. The van der Waals surface area contributed by atoms with Crippen molar-refractivity contribution in [3.8, 4) is 0 Å². The Balaban J connectivity index is 2.61. The van der Waals surface area contributed by atoms with Crippen molar-refractivity contribution < 1.29 is 9.26 Å². The Labute approximate surface area is 116 Å². The van der Waals surface area contributed by atoms with Crippen LogP contribution in [0.15, 0.2) is 4.52 Å². The molecule has 19 heavy (non-hydrogen) atoms. The van der Waals surface area contributed by atoms with Gasteiger partial charge in [-0.05, 0) is 40.2 Å². The van der Waals surface area contributed by atoms with Gasteiger partial charge in [0, 0.05) is 19.1 Å². The van der Waals surface area contributed by atoms with E-state index in [0.717, 1.165) is 25.8 Å². The Morgan fingerprint density at radius 2 is 2.11 bits per heavy atom. The minimum atomic E-state index is -0.441. The van der Waals surface area contributed by atoms with Crippen LogP contribution in [-0.4, -0.2) is 29.3 Å². The number of hydrogen-bond donors (Lipinski definition) is 1. The summed E-state index contributed by atoms with van der Waals surface area (Å²) in [4.78, 5) is 4.47. The molecule has 0 fully saturated rings. The summed E-state index contributed by atoms with van der Waals surface area (Å²) in [6.07, 6.45) is 2.62. The van der Waals surface area contributed by atoms with Crippen LogP contribution in [0, 0.1) is 0 Å². The van der Waals surface area contributed by atoms with Gasteiger partial charge < -0.3 is 14.6 Å². The van der Waals surface area contributed by atoms with Crippen molar-refractivity contribution in [2.45, 2.75) is 65.5 Å². The summed E-state index contributed by atoms with van der Waals surface area (Å²) in [6, 6.07) is 0.463. The highest BCUT2D eigenvalue weighted by atomic mass is 16.5. The zero-order valence-corrected chi connectivity index (χ0v) is 12.8. The predicted molar refractivity (Wildman–Crippen MR) is 75.0 cm³/mol. The summed E-state index contributed by atoms with van der Waals surface area (Å²) < 4.78 is 11.1. The zero-order chi connectivity index (χ0) is 14.3. The van der Waals surface area contributed by atoms with E-state index in [1.54, 1.807) is 0 Å². The lowest BCUT2D eigenvalue weighted by Crippen LogP contribution is -2.27. The Hall–Kier alpha value is -0.940. The average Bonchev–Trinajstić information content (AvgIpc) is 2.86. The molecule has 0 spiro atoms. The van der Waals surface area contributed by atoms with Crippen LogP contribution in [0.2, 0.25) is 0 Å². The standard InChI is InChI=1S/C14H27N3O2/c1-6-14(5,18-8-3)13-16-12(19-17-13)10-9-11(4)15-7-2/h11,15H,6-10H2,1-5H3. The third-order valence-electron chi connectivity index (χ3n) is 3.42. The Morgan fingerprint density at radius 1 is 1.37 bits per heavy atom. The van der Waals surface area contributed by atoms with Gasteiger partial charge in [-0.1, -0.05) is 19.0 Å². The molecule has 1 aromatic heterocycles.